The van der Waals surface area contributed by atoms with Crippen LogP contribution in [0.15, 0.2) is 0 Å². The summed E-state index contributed by atoms with van der Waals surface area (Å²) in [7, 11) is 0. The van der Waals surface area contributed by atoms with E-state index in [1.54, 1.807) is 0 Å². The van der Waals surface area contributed by atoms with Gasteiger partial charge in [0, 0.05) is 38.1 Å². The van der Waals surface area contributed by atoms with Crippen molar-refractivity contribution in [2.75, 3.05) is 26.2 Å². The molecule has 0 saturated carbocycles. The van der Waals surface area contributed by atoms with Gasteiger partial charge in [-0.05, 0) is 26.3 Å². The maximum atomic E-state index is 5.34. The lowest BCUT2D eigenvalue weighted by Crippen LogP contribution is -2.58. The van der Waals surface area contributed by atoms with Gasteiger partial charge in [-0.1, -0.05) is 6.42 Å². The van der Waals surface area contributed by atoms with E-state index in [0.29, 0.717) is 6.04 Å². The van der Waals surface area contributed by atoms with Crippen LogP contribution in [0, 0.1) is 12.3 Å². The van der Waals surface area contributed by atoms with Crippen LogP contribution in [0.3, 0.4) is 0 Å². The highest BCUT2D eigenvalue weighted by atomic mass is 15.3. The molecule has 2 heteroatoms. The number of fused-ring (bicyclic) bond motifs is 1. The highest BCUT2D eigenvalue weighted by Gasteiger charge is 2.32. The van der Waals surface area contributed by atoms with Crippen molar-refractivity contribution in [2.24, 2.45) is 0 Å². The fraction of sp³-hybridized carbons (Fsp3) is 0.846. The molecule has 0 amide bonds. The van der Waals surface area contributed by atoms with E-state index in [4.69, 9.17) is 6.42 Å². The largest absolute Gasteiger partial charge is 0.298 e. The minimum absolute atomic E-state index is 0.688. The van der Waals surface area contributed by atoms with Crippen LogP contribution in [-0.4, -0.2) is 48.1 Å². The van der Waals surface area contributed by atoms with E-state index in [9.17, 15) is 0 Å². The highest BCUT2D eigenvalue weighted by molar-refractivity contribution is 4.91. The van der Waals surface area contributed by atoms with Gasteiger partial charge in [-0.3, -0.25) is 9.80 Å². The van der Waals surface area contributed by atoms with Crippen molar-refractivity contribution in [3.05, 3.63) is 0 Å². The molecule has 0 radical (unpaired) electrons. The Hall–Kier alpha value is -0.520. The molecule has 0 bridgehead atoms. The normalized spacial score (nSPS) is 33.3. The van der Waals surface area contributed by atoms with Gasteiger partial charge in [-0.15, -0.1) is 12.3 Å². The molecule has 2 saturated heterocycles. The number of terminal acetylenes is 1. The van der Waals surface area contributed by atoms with Gasteiger partial charge in [0.05, 0.1) is 0 Å². The number of hydrogen-bond donors (Lipinski definition) is 0. The summed E-state index contributed by atoms with van der Waals surface area (Å²) in [6.45, 7) is 7.22. The zero-order chi connectivity index (χ0) is 10.7. The van der Waals surface area contributed by atoms with Crippen LogP contribution in [0.25, 0.3) is 0 Å². The van der Waals surface area contributed by atoms with Gasteiger partial charge < -0.3 is 0 Å². The van der Waals surface area contributed by atoms with Crippen LogP contribution in [0.4, 0.5) is 0 Å². The number of piperazine rings is 1. The van der Waals surface area contributed by atoms with E-state index >= 15 is 0 Å². The Morgan fingerprint density at radius 3 is 3.00 bits per heavy atom. The molecule has 0 spiro atoms. The van der Waals surface area contributed by atoms with Crippen LogP contribution < -0.4 is 0 Å². The summed E-state index contributed by atoms with van der Waals surface area (Å²) >= 11 is 0. The zero-order valence-corrected chi connectivity index (χ0v) is 9.78. The van der Waals surface area contributed by atoms with Crippen molar-refractivity contribution in [3.63, 3.8) is 0 Å². The van der Waals surface area contributed by atoms with Gasteiger partial charge in [0.25, 0.3) is 0 Å². The second kappa shape index (κ2) is 5.01. The Morgan fingerprint density at radius 2 is 2.20 bits per heavy atom. The van der Waals surface area contributed by atoms with Gasteiger partial charge in [0.15, 0.2) is 0 Å². The average molecular weight is 206 g/mol. The molecule has 0 N–H and O–H groups in total. The third-order valence-electron chi connectivity index (χ3n) is 3.86. The average Bonchev–Trinajstić information content (AvgIpc) is 2.26. The maximum absolute atomic E-state index is 5.34. The molecule has 84 valence electrons. The van der Waals surface area contributed by atoms with E-state index in [0.717, 1.165) is 19.0 Å². The standard InChI is InChI=1S/C13H22N2/c1-3-4-8-14-11-13-7-5-6-9-15(13)10-12(14)2/h1,12-13H,4-11H2,2H3. The third-order valence-corrected chi connectivity index (χ3v) is 3.86. The maximum Gasteiger partial charge on any atom is 0.0223 e. The molecule has 2 fully saturated rings. The third kappa shape index (κ3) is 2.53. The monoisotopic (exact) mass is 206 g/mol. The van der Waals surface area contributed by atoms with Crippen LogP contribution in [0.1, 0.15) is 32.6 Å². The molecule has 0 aromatic rings. The molecule has 2 heterocycles. The Kier molecular flexibility index (Phi) is 3.66. The SMILES string of the molecule is C#CCCN1CC2CCCCN2CC1C. The van der Waals surface area contributed by atoms with Gasteiger partial charge in [0.1, 0.15) is 0 Å². The van der Waals surface area contributed by atoms with Gasteiger partial charge in [-0.2, -0.15) is 0 Å². The molecular formula is C13H22N2. The summed E-state index contributed by atoms with van der Waals surface area (Å²) < 4.78 is 0. The van der Waals surface area contributed by atoms with E-state index in [1.807, 2.05) is 0 Å². The molecule has 0 aromatic carbocycles. The fourth-order valence-electron chi connectivity index (χ4n) is 2.93. The summed E-state index contributed by atoms with van der Waals surface area (Å²) in [4.78, 5) is 5.26. The zero-order valence-electron chi connectivity index (χ0n) is 9.78. The van der Waals surface area contributed by atoms with E-state index in [1.165, 1.54) is 38.9 Å². The summed E-state index contributed by atoms with van der Waals surface area (Å²) in [5.41, 5.74) is 0. The number of rotatable bonds is 2. The van der Waals surface area contributed by atoms with Crippen LogP contribution in [0.5, 0.6) is 0 Å². The molecule has 2 rings (SSSR count). The molecule has 2 atom stereocenters. The van der Waals surface area contributed by atoms with E-state index in [2.05, 4.69) is 22.6 Å². The lowest BCUT2D eigenvalue weighted by Gasteiger charge is -2.47. The first-order chi connectivity index (χ1) is 7.31. The van der Waals surface area contributed by atoms with Crippen LogP contribution in [0.2, 0.25) is 0 Å². The Labute approximate surface area is 93.6 Å². The van der Waals surface area contributed by atoms with Gasteiger partial charge in [-0.25, -0.2) is 0 Å². The summed E-state index contributed by atoms with van der Waals surface area (Å²) in [5.74, 6) is 2.75. The Morgan fingerprint density at radius 1 is 1.33 bits per heavy atom. The van der Waals surface area contributed by atoms with Crippen molar-refractivity contribution < 1.29 is 0 Å². The Bertz CT molecular complexity index is 243. The molecular weight excluding hydrogens is 184 g/mol. The summed E-state index contributed by atoms with van der Waals surface area (Å²) in [6, 6.07) is 1.50. The smallest absolute Gasteiger partial charge is 0.0223 e. The Balaban J connectivity index is 1.90. The fourth-order valence-corrected chi connectivity index (χ4v) is 2.93. The predicted molar refractivity (Wildman–Crippen MR) is 63.7 cm³/mol. The lowest BCUT2D eigenvalue weighted by molar-refractivity contribution is 0.0166. The van der Waals surface area contributed by atoms with Crippen molar-refractivity contribution >= 4 is 0 Å². The molecule has 2 aliphatic heterocycles. The molecule has 0 aromatic heterocycles. The second-order valence-electron chi connectivity index (χ2n) is 4.94. The number of piperidine rings is 1. The summed E-state index contributed by atoms with van der Waals surface area (Å²) in [6.07, 6.45) is 10.4. The first-order valence-corrected chi connectivity index (χ1v) is 6.23. The van der Waals surface area contributed by atoms with Crippen LogP contribution >= 0.6 is 0 Å². The predicted octanol–water partition coefficient (Wildman–Crippen LogP) is 1.57. The van der Waals surface area contributed by atoms with E-state index in [-0.39, 0.29) is 0 Å². The minimum atomic E-state index is 0.688. The van der Waals surface area contributed by atoms with Crippen molar-refractivity contribution in [1.29, 1.82) is 0 Å². The highest BCUT2D eigenvalue weighted by Crippen LogP contribution is 2.23. The lowest BCUT2D eigenvalue weighted by atomic mass is 9.97. The van der Waals surface area contributed by atoms with Gasteiger partial charge >= 0.3 is 0 Å². The molecule has 2 nitrogen and oxygen atoms in total. The van der Waals surface area contributed by atoms with Crippen molar-refractivity contribution in [1.82, 2.24) is 9.80 Å². The summed E-state index contributed by atoms with van der Waals surface area (Å²) in [5, 5.41) is 0. The molecule has 0 aliphatic carbocycles. The van der Waals surface area contributed by atoms with Crippen LogP contribution in [-0.2, 0) is 0 Å². The first-order valence-electron chi connectivity index (χ1n) is 6.23. The number of nitrogens with zero attached hydrogens (tertiary/aromatic N) is 2. The first kappa shape index (κ1) is 11.0. The van der Waals surface area contributed by atoms with E-state index < -0.39 is 0 Å². The minimum Gasteiger partial charge on any atom is -0.298 e. The molecule has 2 aliphatic rings. The topological polar surface area (TPSA) is 6.48 Å². The second-order valence-corrected chi connectivity index (χ2v) is 4.94. The van der Waals surface area contributed by atoms with Crippen molar-refractivity contribution in [2.45, 2.75) is 44.7 Å². The number of hydrogen-bond acceptors (Lipinski definition) is 2. The van der Waals surface area contributed by atoms with Gasteiger partial charge in [0.2, 0.25) is 0 Å². The quantitative estimate of drug-likeness (QED) is 0.633. The van der Waals surface area contributed by atoms with Crippen molar-refractivity contribution in [3.8, 4) is 12.3 Å². The molecule has 2 unspecified atom stereocenters. The molecule has 15 heavy (non-hydrogen) atoms.